The highest BCUT2D eigenvalue weighted by molar-refractivity contribution is 7.92. The zero-order valence-electron chi connectivity index (χ0n) is 23.8. The summed E-state index contributed by atoms with van der Waals surface area (Å²) in [5.41, 5.74) is 2.65. The first-order chi connectivity index (χ1) is 19.4. The first kappa shape index (κ1) is 32.4. The van der Waals surface area contributed by atoms with E-state index in [1.165, 1.54) is 4.90 Å². The van der Waals surface area contributed by atoms with E-state index < -0.39 is 28.5 Å². The molecule has 0 spiro atoms. The Morgan fingerprint density at radius 1 is 0.927 bits per heavy atom. The summed E-state index contributed by atoms with van der Waals surface area (Å²) in [5.74, 6) is -0.675. The number of nitrogens with one attached hydrogen (secondary N) is 1. The number of benzene rings is 3. The summed E-state index contributed by atoms with van der Waals surface area (Å²) >= 11 is 12.6. The Kier molecular flexibility index (Phi) is 11.6. The zero-order chi connectivity index (χ0) is 30.2. The third-order valence-electron chi connectivity index (χ3n) is 6.63. The predicted molar refractivity (Wildman–Crippen MR) is 167 cm³/mol. The number of rotatable bonds is 13. The van der Waals surface area contributed by atoms with Crippen LogP contribution in [0.2, 0.25) is 10.0 Å². The number of nitrogens with zero attached hydrogens (tertiary/aromatic N) is 2. The number of carbonyl (C=O) groups is 2. The normalized spacial score (nSPS) is 12.2. The molecule has 0 aliphatic heterocycles. The monoisotopic (exact) mass is 617 g/mol. The molecule has 0 unspecified atom stereocenters. The molecule has 0 aliphatic carbocycles. The average Bonchev–Trinajstić information content (AvgIpc) is 2.93. The van der Waals surface area contributed by atoms with Gasteiger partial charge in [0.05, 0.1) is 11.9 Å². The summed E-state index contributed by atoms with van der Waals surface area (Å²) < 4.78 is 27.1. The highest BCUT2D eigenvalue weighted by atomic mass is 35.5. The molecule has 0 radical (unpaired) electrons. The molecule has 2 amide bonds. The topological polar surface area (TPSA) is 86.8 Å². The Balaban J connectivity index is 2.10. The number of halogens is 2. The Morgan fingerprint density at radius 2 is 1.59 bits per heavy atom. The zero-order valence-corrected chi connectivity index (χ0v) is 26.1. The van der Waals surface area contributed by atoms with Crippen LogP contribution in [0.4, 0.5) is 5.69 Å². The van der Waals surface area contributed by atoms with Gasteiger partial charge in [-0.3, -0.25) is 13.9 Å². The van der Waals surface area contributed by atoms with E-state index in [0.717, 1.165) is 21.7 Å². The van der Waals surface area contributed by atoms with E-state index >= 15 is 0 Å². The minimum absolute atomic E-state index is 0.0194. The lowest BCUT2D eigenvalue weighted by Crippen LogP contribution is -2.53. The molecule has 0 aromatic heterocycles. The number of amides is 2. The molecule has 10 heteroatoms. The second-order valence-electron chi connectivity index (χ2n) is 10.4. The van der Waals surface area contributed by atoms with E-state index in [1.54, 1.807) is 30.3 Å². The van der Waals surface area contributed by atoms with E-state index in [9.17, 15) is 18.0 Å². The first-order valence-electron chi connectivity index (χ1n) is 13.5. The maximum Gasteiger partial charge on any atom is 0.244 e. The van der Waals surface area contributed by atoms with Gasteiger partial charge in [-0.2, -0.15) is 0 Å². The van der Waals surface area contributed by atoms with Crippen LogP contribution in [0.15, 0.2) is 72.8 Å². The van der Waals surface area contributed by atoms with Gasteiger partial charge in [0.2, 0.25) is 21.8 Å². The fourth-order valence-corrected chi connectivity index (χ4v) is 5.81. The van der Waals surface area contributed by atoms with Gasteiger partial charge in [0.15, 0.2) is 0 Å². The van der Waals surface area contributed by atoms with Crippen LogP contribution >= 0.6 is 23.2 Å². The largest absolute Gasteiger partial charge is 0.354 e. The highest BCUT2D eigenvalue weighted by Crippen LogP contribution is 2.27. The minimum Gasteiger partial charge on any atom is -0.354 e. The molecule has 0 saturated carbocycles. The summed E-state index contributed by atoms with van der Waals surface area (Å²) in [6.45, 7) is 5.81. The number of para-hydroxylation sites is 1. The summed E-state index contributed by atoms with van der Waals surface area (Å²) in [6, 6.07) is 20.5. The molecule has 0 bridgehead atoms. The SMILES string of the molecule is CCc1ccccc1N(CC(=O)N(Cc1ccc(Cl)cc1Cl)[C@H](Cc1ccccc1)C(=O)NCC(C)C)S(C)(=O)=O. The number of carbonyl (C=O) groups excluding carboxylic acids is 2. The van der Waals surface area contributed by atoms with Gasteiger partial charge in [0.1, 0.15) is 12.6 Å². The molecule has 1 atom stereocenters. The predicted octanol–water partition coefficient (Wildman–Crippen LogP) is 5.73. The number of aryl methyl sites for hydroxylation is 1. The van der Waals surface area contributed by atoms with Gasteiger partial charge in [-0.25, -0.2) is 8.42 Å². The van der Waals surface area contributed by atoms with Gasteiger partial charge in [-0.05, 0) is 47.2 Å². The summed E-state index contributed by atoms with van der Waals surface area (Å²) in [4.78, 5) is 29.3. The van der Waals surface area contributed by atoms with Crippen molar-refractivity contribution in [3.05, 3.63) is 99.5 Å². The van der Waals surface area contributed by atoms with Crippen LogP contribution in [-0.4, -0.2) is 50.5 Å². The van der Waals surface area contributed by atoms with Crippen LogP contribution in [0.5, 0.6) is 0 Å². The van der Waals surface area contributed by atoms with Crippen molar-refractivity contribution in [2.75, 3.05) is 23.7 Å². The Bertz CT molecular complexity index is 1450. The molecule has 7 nitrogen and oxygen atoms in total. The minimum atomic E-state index is -3.85. The molecule has 3 aromatic carbocycles. The van der Waals surface area contributed by atoms with E-state index in [1.807, 2.05) is 63.2 Å². The van der Waals surface area contributed by atoms with Crippen molar-refractivity contribution in [2.24, 2.45) is 5.92 Å². The lowest BCUT2D eigenvalue weighted by Gasteiger charge is -2.34. The molecular weight excluding hydrogens is 581 g/mol. The van der Waals surface area contributed by atoms with Crippen molar-refractivity contribution in [3.8, 4) is 0 Å². The summed E-state index contributed by atoms with van der Waals surface area (Å²) in [6.07, 6.45) is 1.88. The average molecular weight is 619 g/mol. The molecule has 3 rings (SSSR count). The quantitative estimate of drug-likeness (QED) is 0.265. The molecular formula is C31H37Cl2N3O4S. The third kappa shape index (κ3) is 9.21. The molecule has 41 heavy (non-hydrogen) atoms. The van der Waals surface area contributed by atoms with Gasteiger partial charge < -0.3 is 10.2 Å². The second kappa shape index (κ2) is 14.7. The van der Waals surface area contributed by atoms with Crippen LogP contribution in [-0.2, 0) is 39.0 Å². The van der Waals surface area contributed by atoms with Crippen LogP contribution < -0.4 is 9.62 Å². The van der Waals surface area contributed by atoms with E-state index in [-0.39, 0.29) is 24.8 Å². The fourth-order valence-electron chi connectivity index (χ4n) is 4.46. The van der Waals surface area contributed by atoms with Crippen molar-refractivity contribution in [2.45, 2.75) is 46.2 Å². The highest BCUT2D eigenvalue weighted by Gasteiger charge is 2.33. The van der Waals surface area contributed by atoms with Crippen LogP contribution in [0.1, 0.15) is 37.5 Å². The molecule has 220 valence electrons. The molecule has 0 fully saturated rings. The molecule has 3 aromatic rings. The Morgan fingerprint density at radius 3 is 2.20 bits per heavy atom. The molecule has 0 aliphatic rings. The van der Waals surface area contributed by atoms with Crippen molar-refractivity contribution in [3.63, 3.8) is 0 Å². The Labute approximate surface area is 253 Å². The third-order valence-corrected chi connectivity index (χ3v) is 8.35. The second-order valence-corrected chi connectivity index (χ2v) is 13.1. The van der Waals surface area contributed by atoms with Gasteiger partial charge >= 0.3 is 0 Å². The standard InChI is InChI=1S/C31H37Cl2N3O4S/c1-5-24-13-9-10-14-28(24)36(41(4,39)40)21-30(37)35(20-25-15-16-26(32)18-27(25)33)29(31(38)34-19-22(2)3)17-23-11-7-6-8-12-23/h6-16,18,22,29H,5,17,19-21H2,1-4H3,(H,34,38)/t29-/m1/s1. The summed E-state index contributed by atoms with van der Waals surface area (Å²) in [7, 11) is -3.85. The number of sulfonamides is 1. The van der Waals surface area contributed by atoms with Gasteiger partial charge in [0, 0.05) is 29.6 Å². The van der Waals surface area contributed by atoms with Crippen LogP contribution in [0, 0.1) is 5.92 Å². The van der Waals surface area contributed by atoms with Crippen LogP contribution in [0.25, 0.3) is 0 Å². The van der Waals surface area contributed by atoms with Gasteiger partial charge in [0.25, 0.3) is 0 Å². The van der Waals surface area contributed by atoms with Gasteiger partial charge in [-0.1, -0.05) is 98.6 Å². The Hall–Kier alpha value is -3.07. The lowest BCUT2D eigenvalue weighted by molar-refractivity contribution is -0.140. The summed E-state index contributed by atoms with van der Waals surface area (Å²) in [5, 5.41) is 3.74. The number of hydrogen-bond acceptors (Lipinski definition) is 4. The lowest BCUT2D eigenvalue weighted by atomic mass is 10.0. The van der Waals surface area contributed by atoms with Crippen molar-refractivity contribution in [1.29, 1.82) is 0 Å². The first-order valence-corrected chi connectivity index (χ1v) is 16.1. The maximum atomic E-state index is 14.2. The van der Waals surface area contributed by atoms with E-state index in [0.29, 0.717) is 34.3 Å². The van der Waals surface area contributed by atoms with Gasteiger partial charge in [-0.15, -0.1) is 0 Å². The van der Waals surface area contributed by atoms with Crippen molar-refractivity contribution in [1.82, 2.24) is 10.2 Å². The van der Waals surface area contributed by atoms with Crippen LogP contribution in [0.3, 0.4) is 0 Å². The van der Waals surface area contributed by atoms with Crippen molar-refractivity contribution < 1.29 is 18.0 Å². The maximum absolute atomic E-state index is 14.2. The number of hydrogen-bond donors (Lipinski definition) is 1. The smallest absolute Gasteiger partial charge is 0.244 e. The van der Waals surface area contributed by atoms with E-state index in [4.69, 9.17) is 23.2 Å². The number of anilines is 1. The van der Waals surface area contributed by atoms with E-state index in [2.05, 4.69) is 5.32 Å². The fraction of sp³-hybridized carbons (Fsp3) is 0.355. The molecule has 0 saturated heterocycles. The molecule has 1 N–H and O–H groups in total. The molecule has 0 heterocycles. The van der Waals surface area contributed by atoms with Crippen molar-refractivity contribution >= 4 is 50.7 Å².